The Balaban J connectivity index is 1.58. The number of aryl methyl sites for hydroxylation is 2. The second-order valence-electron chi connectivity index (χ2n) is 6.66. The Bertz CT molecular complexity index is 913. The molecule has 3 aromatic rings. The number of carbonyl (C=O) groups is 1. The van der Waals surface area contributed by atoms with Crippen molar-refractivity contribution in [2.24, 2.45) is 0 Å². The molecule has 1 aliphatic heterocycles. The Kier molecular flexibility index (Phi) is 3.99. The molecule has 1 aromatic carbocycles. The highest BCUT2D eigenvalue weighted by molar-refractivity contribution is 5.94. The van der Waals surface area contributed by atoms with Gasteiger partial charge in [0.1, 0.15) is 11.3 Å². The summed E-state index contributed by atoms with van der Waals surface area (Å²) < 4.78 is 2.18. The average molecular weight is 334 g/mol. The van der Waals surface area contributed by atoms with Crippen molar-refractivity contribution in [1.82, 2.24) is 19.4 Å². The molecule has 128 valence electrons. The van der Waals surface area contributed by atoms with Gasteiger partial charge in [0.25, 0.3) is 5.91 Å². The predicted octanol–water partition coefficient (Wildman–Crippen LogP) is 3.39. The highest BCUT2D eigenvalue weighted by atomic mass is 16.2. The van der Waals surface area contributed by atoms with Crippen molar-refractivity contribution in [3.63, 3.8) is 0 Å². The molecule has 1 amide bonds. The maximum absolute atomic E-state index is 12.7. The van der Waals surface area contributed by atoms with Crippen molar-refractivity contribution in [1.29, 1.82) is 0 Å². The van der Waals surface area contributed by atoms with Crippen LogP contribution in [0.15, 0.2) is 42.6 Å². The van der Waals surface area contributed by atoms with Crippen molar-refractivity contribution in [2.75, 3.05) is 13.1 Å². The third kappa shape index (κ3) is 2.80. The van der Waals surface area contributed by atoms with E-state index >= 15 is 0 Å². The zero-order valence-corrected chi connectivity index (χ0v) is 14.6. The van der Waals surface area contributed by atoms with Crippen LogP contribution in [0.2, 0.25) is 0 Å². The van der Waals surface area contributed by atoms with E-state index in [9.17, 15) is 4.79 Å². The molecule has 1 saturated heterocycles. The smallest absolute Gasteiger partial charge is 0.253 e. The summed E-state index contributed by atoms with van der Waals surface area (Å²) in [7, 11) is 0. The van der Waals surface area contributed by atoms with Crippen molar-refractivity contribution in [3.8, 4) is 0 Å². The van der Waals surface area contributed by atoms with Gasteiger partial charge < -0.3 is 9.47 Å². The minimum atomic E-state index is 0.111. The molecular weight excluding hydrogens is 312 g/mol. The molecule has 4 rings (SSSR count). The largest absolute Gasteiger partial charge is 0.338 e. The predicted molar refractivity (Wildman–Crippen MR) is 97.6 cm³/mol. The fourth-order valence-corrected chi connectivity index (χ4v) is 3.63. The van der Waals surface area contributed by atoms with Crippen LogP contribution < -0.4 is 0 Å². The number of likely N-dealkylation sites (tertiary alicyclic amines) is 1. The fourth-order valence-electron chi connectivity index (χ4n) is 3.63. The quantitative estimate of drug-likeness (QED) is 0.738. The third-order valence-electron chi connectivity index (χ3n) is 4.99. The molecule has 25 heavy (non-hydrogen) atoms. The summed E-state index contributed by atoms with van der Waals surface area (Å²) in [6.07, 6.45) is 2.75. The molecule has 1 atom stereocenters. The topological polar surface area (TPSA) is 51.0 Å². The number of fused-ring (bicyclic) bond motifs is 1. The number of carbonyl (C=O) groups excluding carboxylic acids is 1. The molecular formula is C20H22N4O. The van der Waals surface area contributed by atoms with Crippen LogP contribution in [-0.4, -0.2) is 38.4 Å². The highest BCUT2D eigenvalue weighted by Gasteiger charge is 2.31. The average Bonchev–Trinajstić information content (AvgIpc) is 3.26. The summed E-state index contributed by atoms with van der Waals surface area (Å²) in [5.74, 6) is 1.43. The first-order chi connectivity index (χ1) is 12.2. The van der Waals surface area contributed by atoms with Crippen LogP contribution in [0.5, 0.6) is 0 Å². The number of hydrogen-bond donors (Lipinski definition) is 0. The van der Waals surface area contributed by atoms with Crippen molar-refractivity contribution >= 4 is 17.1 Å². The Labute approximate surface area is 147 Å². The summed E-state index contributed by atoms with van der Waals surface area (Å²) in [5, 5.41) is 0. The Morgan fingerprint density at radius 2 is 2.04 bits per heavy atom. The lowest BCUT2D eigenvalue weighted by Crippen LogP contribution is -2.28. The molecule has 5 heteroatoms. The Hall–Kier alpha value is -2.69. The lowest BCUT2D eigenvalue weighted by molar-refractivity contribution is 0.0790. The van der Waals surface area contributed by atoms with Crippen LogP contribution in [0.1, 0.15) is 41.0 Å². The van der Waals surface area contributed by atoms with Gasteiger partial charge in [-0.25, -0.2) is 9.97 Å². The van der Waals surface area contributed by atoms with Crippen LogP contribution in [0, 0.1) is 6.92 Å². The molecule has 5 nitrogen and oxygen atoms in total. The van der Waals surface area contributed by atoms with Crippen LogP contribution in [0.25, 0.3) is 11.2 Å². The van der Waals surface area contributed by atoms with Gasteiger partial charge in [0.05, 0.1) is 0 Å². The highest BCUT2D eigenvalue weighted by Crippen LogP contribution is 2.29. The monoisotopic (exact) mass is 334 g/mol. The summed E-state index contributed by atoms with van der Waals surface area (Å²) >= 11 is 0. The van der Waals surface area contributed by atoms with Crippen LogP contribution in [0.4, 0.5) is 0 Å². The maximum atomic E-state index is 12.7. The van der Waals surface area contributed by atoms with Gasteiger partial charge in [-0.05, 0) is 44.5 Å². The first kappa shape index (κ1) is 15.8. The van der Waals surface area contributed by atoms with Gasteiger partial charge in [-0.1, -0.05) is 17.7 Å². The first-order valence-electron chi connectivity index (χ1n) is 8.84. The number of amides is 1. The van der Waals surface area contributed by atoms with E-state index in [0.29, 0.717) is 0 Å². The zero-order valence-electron chi connectivity index (χ0n) is 14.6. The van der Waals surface area contributed by atoms with E-state index in [0.717, 1.165) is 48.6 Å². The van der Waals surface area contributed by atoms with Gasteiger partial charge in [-0.3, -0.25) is 4.79 Å². The molecule has 3 heterocycles. The van der Waals surface area contributed by atoms with Gasteiger partial charge in [0, 0.05) is 37.3 Å². The molecule has 0 bridgehead atoms. The van der Waals surface area contributed by atoms with E-state index in [1.807, 2.05) is 54.4 Å². The van der Waals surface area contributed by atoms with E-state index in [4.69, 9.17) is 4.98 Å². The molecule has 1 aliphatic rings. The van der Waals surface area contributed by atoms with Crippen molar-refractivity contribution < 1.29 is 4.79 Å². The molecule has 0 radical (unpaired) electrons. The number of aromatic nitrogens is 3. The van der Waals surface area contributed by atoms with E-state index in [1.54, 1.807) is 0 Å². The second kappa shape index (κ2) is 6.31. The zero-order chi connectivity index (χ0) is 17.4. The van der Waals surface area contributed by atoms with E-state index in [2.05, 4.69) is 16.5 Å². The lowest BCUT2D eigenvalue weighted by atomic mass is 10.1. The van der Waals surface area contributed by atoms with E-state index in [-0.39, 0.29) is 11.8 Å². The van der Waals surface area contributed by atoms with E-state index < -0.39 is 0 Å². The molecule has 0 N–H and O–H groups in total. The summed E-state index contributed by atoms with van der Waals surface area (Å²) in [6, 6.07) is 11.7. The molecule has 2 aromatic heterocycles. The normalized spacial score (nSPS) is 17.4. The summed E-state index contributed by atoms with van der Waals surface area (Å²) in [5.41, 5.74) is 3.79. The summed E-state index contributed by atoms with van der Waals surface area (Å²) in [4.78, 5) is 24.0. The van der Waals surface area contributed by atoms with Crippen LogP contribution in [-0.2, 0) is 6.54 Å². The fraction of sp³-hybridized carbons (Fsp3) is 0.350. The van der Waals surface area contributed by atoms with Crippen molar-refractivity contribution in [2.45, 2.75) is 32.7 Å². The van der Waals surface area contributed by atoms with Gasteiger partial charge >= 0.3 is 0 Å². The molecule has 0 spiro atoms. The molecule has 0 saturated carbocycles. The number of pyridine rings is 1. The van der Waals surface area contributed by atoms with Crippen LogP contribution >= 0.6 is 0 Å². The number of imidazole rings is 1. The number of hydrogen-bond acceptors (Lipinski definition) is 3. The molecule has 1 fully saturated rings. The van der Waals surface area contributed by atoms with Crippen molar-refractivity contribution in [3.05, 3.63) is 59.5 Å². The first-order valence-corrected chi connectivity index (χ1v) is 8.84. The Morgan fingerprint density at radius 1 is 1.24 bits per heavy atom. The second-order valence-corrected chi connectivity index (χ2v) is 6.66. The number of rotatable bonds is 3. The molecule has 0 aliphatic carbocycles. The standard InChI is InChI=1S/C20H22N4O/c1-3-24-18(22-17-5-4-11-21-19(17)24)16-10-12-23(13-16)20(25)15-8-6-14(2)7-9-15/h4-9,11,16H,3,10,12-13H2,1-2H3/t16-/m0/s1. The number of nitrogens with zero attached hydrogens (tertiary/aromatic N) is 4. The Morgan fingerprint density at radius 3 is 2.80 bits per heavy atom. The SMILES string of the molecule is CCn1c([C@H]2CCN(C(=O)c3ccc(C)cc3)C2)nc2cccnc21. The third-order valence-corrected chi connectivity index (χ3v) is 4.99. The van der Waals surface area contributed by atoms with Crippen LogP contribution in [0.3, 0.4) is 0 Å². The number of benzene rings is 1. The molecule has 0 unspecified atom stereocenters. The van der Waals surface area contributed by atoms with Gasteiger partial charge in [-0.2, -0.15) is 0 Å². The minimum Gasteiger partial charge on any atom is -0.338 e. The van der Waals surface area contributed by atoms with Gasteiger partial charge in [-0.15, -0.1) is 0 Å². The maximum Gasteiger partial charge on any atom is 0.253 e. The van der Waals surface area contributed by atoms with E-state index in [1.165, 1.54) is 5.56 Å². The van der Waals surface area contributed by atoms with Gasteiger partial charge in [0.2, 0.25) is 0 Å². The lowest BCUT2D eigenvalue weighted by Gasteiger charge is -2.17. The summed E-state index contributed by atoms with van der Waals surface area (Å²) in [6.45, 7) is 6.48. The van der Waals surface area contributed by atoms with Gasteiger partial charge in [0.15, 0.2) is 5.65 Å². The minimum absolute atomic E-state index is 0.111.